The number of nitrogen functional groups attached to an aromatic ring is 1. The maximum Gasteiger partial charge on any atom is 1.00 e. The Balaban J connectivity index is 0.00000267. The van der Waals surface area contributed by atoms with E-state index in [4.69, 9.17) is 5.73 Å². The van der Waals surface area contributed by atoms with Crippen LogP contribution in [0, 0.1) is 6.92 Å². The Morgan fingerprint density at radius 2 is 1.41 bits per heavy atom. The van der Waals surface area contributed by atoms with Crippen LogP contribution in [0.1, 0.15) is 5.56 Å². The molecule has 16 heteroatoms. The van der Waals surface area contributed by atoms with Gasteiger partial charge in [-0.15, -0.1) is 5.11 Å². The smallest absolute Gasteiger partial charge is 0.871 e. The summed E-state index contributed by atoms with van der Waals surface area (Å²) in [6.07, 6.45) is 0. The topological polar surface area (TPSA) is 210 Å². The molecule has 190 valence electrons. The molecule has 0 spiro atoms. The van der Waals surface area contributed by atoms with Gasteiger partial charge in [-0.1, -0.05) is 11.8 Å². The molecule has 4 rings (SSSR count). The zero-order valence-corrected chi connectivity index (χ0v) is 26.6. The van der Waals surface area contributed by atoms with E-state index in [1.807, 2.05) is 0 Å². The Labute approximate surface area is 268 Å². The van der Waals surface area contributed by atoms with Crippen molar-refractivity contribution in [3.63, 3.8) is 0 Å². The number of fused-ring (bicyclic) bond motifs is 1. The SMILES string of the molecule is Cc1cc(N=Nc2c(S(=O)(=O)O)cc3cc(N)ccc3c2[O-])ccc1N=Nc1ccc(S(=O)(=O)[O-])cc1.[Na+].[Na+]. The molecule has 0 aromatic heterocycles. The number of aryl methyl sites for hydroxylation is 1. The molecule has 12 nitrogen and oxygen atoms in total. The first-order valence-corrected chi connectivity index (χ1v) is 13.2. The molecular weight excluding hydrogens is 568 g/mol. The largest absolute Gasteiger partial charge is 1.00 e. The summed E-state index contributed by atoms with van der Waals surface area (Å²) < 4.78 is 66.5. The van der Waals surface area contributed by atoms with Gasteiger partial charge in [-0.05, 0) is 83.9 Å². The van der Waals surface area contributed by atoms with Crippen LogP contribution in [0.15, 0.2) is 97.0 Å². The zero-order valence-electron chi connectivity index (χ0n) is 20.9. The third-order valence-electron chi connectivity index (χ3n) is 5.18. The molecule has 0 saturated carbocycles. The van der Waals surface area contributed by atoms with Crippen LogP contribution in [0.5, 0.6) is 5.75 Å². The Morgan fingerprint density at radius 3 is 2.00 bits per heavy atom. The summed E-state index contributed by atoms with van der Waals surface area (Å²) in [5.74, 6) is -0.744. The van der Waals surface area contributed by atoms with Crippen molar-refractivity contribution >= 4 is 59.4 Å². The van der Waals surface area contributed by atoms with Gasteiger partial charge in [0.15, 0.2) is 0 Å². The molecule has 0 aliphatic heterocycles. The second-order valence-electron chi connectivity index (χ2n) is 7.83. The monoisotopic (exact) mass is 585 g/mol. The van der Waals surface area contributed by atoms with Crippen LogP contribution in [0.4, 0.5) is 28.4 Å². The van der Waals surface area contributed by atoms with E-state index >= 15 is 0 Å². The van der Waals surface area contributed by atoms with Gasteiger partial charge in [0, 0.05) is 5.69 Å². The summed E-state index contributed by atoms with van der Waals surface area (Å²) in [4.78, 5) is -1.08. The summed E-state index contributed by atoms with van der Waals surface area (Å²) in [6.45, 7) is 1.70. The van der Waals surface area contributed by atoms with E-state index in [2.05, 4.69) is 20.5 Å². The predicted molar refractivity (Wildman–Crippen MR) is 132 cm³/mol. The summed E-state index contributed by atoms with van der Waals surface area (Å²) >= 11 is 0. The summed E-state index contributed by atoms with van der Waals surface area (Å²) in [5, 5.41) is 29.1. The van der Waals surface area contributed by atoms with Crippen LogP contribution < -0.4 is 70.0 Å². The Hall–Kier alpha value is -2.24. The Kier molecular flexibility index (Phi) is 10.9. The normalized spacial score (nSPS) is 12.0. The van der Waals surface area contributed by atoms with Crippen molar-refractivity contribution in [2.24, 2.45) is 20.5 Å². The van der Waals surface area contributed by atoms with Gasteiger partial charge in [-0.25, -0.2) is 8.42 Å². The van der Waals surface area contributed by atoms with Crippen LogP contribution in [0.25, 0.3) is 10.8 Å². The molecule has 0 fully saturated rings. The van der Waals surface area contributed by atoms with Crippen molar-refractivity contribution in [1.82, 2.24) is 0 Å². The van der Waals surface area contributed by atoms with E-state index in [1.54, 1.807) is 19.1 Å². The number of nitrogens with two attached hydrogens (primary N) is 1. The third kappa shape index (κ3) is 7.91. The number of hydrogen-bond donors (Lipinski definition) is 2. The van der Waals surface area contributed by atoms with Crippen molar-refractivity contribution in [2.75, 3.05) is 5.73 Å². The van der Waals surface area contributed by atoms with Gasteiger partial charge in [0.25, 0.3) is 10.1 Å². The standard InChI is InChI=1S/C23H19N5O7S2.2Na/c1-13-10-17(5-9-20(13)27-25-16-3-6-18(7-4-16)36(30,31)32)26-28-22-21(37(33,34)35)12-14-11-15(24)2-8-19(14)23(22)29;;/h2-12,29H,24H2,1H3,(H,30,31,32)(H,33,34,35);;/q;2*+1/p-2. The first-order chi connectivity index (χ1) is 17.3. The molecule has 0 atom stereocenters. The van der Waals surface area contributed by atoms with Crippen LogP contribution >= 0.6 is 0 Å². The van der Waals surface area contributed by atoms with E-state index in [9.17, 15) is 31.0 Å². The summed E-state index contributed by atoms with van der Waals surface area (Å²) in [7, 11) is -9.36. The van der Waals surface area contributed by atoms with E-state index in [1.165, 1.54) is 36.4 Å². The van der Waals surface area contributed by atoms with Crippen molar-refractivity contribution in [3.8, 4) is 5.75 Å². The number of nitrogens with zero attached hydrogens (tertiary/aromatic N) is 4. The molecule has 0 bridgehead atoms. The fourth-order valence-electron chi connectivity index (χ4n) is 3.36. The molecular formula is C23H17N5Na2O7S2. The third-order valence-corrected chi connectivity index (χ3v) is 6.89. The molecule has 0 unspecified atom stereocenters. The average molecular weight is 586 g/mol. The molecule has 0 aliphatic rings. The van der Waals surface area contributed by atoms with Gasteiger partial charge >= 0.3 is 59.1 Å². The van der Waals surface area contributed by atoms with E-state index in [-0.39, 0.29) is 80.5 Å². The minimum atomic E-state index is -4.80. The quantitative estimate of drug-likeness (QED) is 0.121. The summed E-state index contributed by atoms with van der Waals surface area (Å²) in [5.41, 5.74) is 7.08. The van der Waals surface area contributed by atoms with Crippen LogP contribution in [-0.2, 0) is 20.2 Å². The molecule has 4 aromatic rings. The van der Waals surface area contributed by atoms with Gasteiger partial charge < -0.3 is 15.4 Å². The minimum Gasteiger partial charge on any atom is -0.871 e. The van der Waals surface area contributed by atoms with Gasteiger partial charge in [-0.2, -0.15) is 23.8 Å². The molecule has 0 amide bonds. The molecule has 0 heterocycles. The number of benzene rings is 4. The maximum absolute atomic E-state index is 12.9. The average Bonchev–Trinajstić information content (AvgIpc) is 2.81. The van der Waals surface area contributed by atoms with Crippen LogP contribution in [-0.4, -0.2) is 25.9 Å². The predicted octanol–water partition coefficient (Wildman–Crippen LogP) is -1.21. The van der Waals surface area contributed by atoms with Crippen LogP contribution in [0.3, 0.4) is 0 Å². The van der Waals surface area contributed by atoms with Gasteiger partial charge in [0.05, 0.1) is 27.6 Å². The van der Waals surface area contributed by atoms with Crippen molar-refractivity contribution < 1.29 is 90.2 Å². The molecule has 0 radical (unpaired) electrons. The van der Waals surface area contributed by atoms with E-state index < -0.39 is 36.6 Å². The second kappa shape index (κ2) is 13.0. The first kappa shape index (κ1) is 33.0. The second-order valence-corrected chi connectivity index (χ2v) is 10.6. The fourth-order valence-corrected chi connectivity index (χ4v) is 4.48. The van der Waals surface area contributed by atoms with E-state index in [0.29, 0.717) is 22.6 Å². The molecule has 0 saturated heterocycles. The molecule has 39 heavy (non-hydrogen) atoms. The Bertz CT molecular complexity index is 1810. The first-order valence-electron chi connectivity index (χ1n) is 10.3. The fraction of sp³-hybridized carbons (Fsp3) is 0.0435. The van der Waals surface area contributed by atoms with Gasteiger partial charge in [0.2, 0.25) is 0 Å². The molecule has 3 N–H and O–H groups in total. The summed E-state index contributed by atoms with van der Waals surface area (Å²) in [6, 6.07) is 14.9. The van der Waals surface area contributed by atoms with E-state index in [0.717, 1.165) is 18.2 Å². The maximum atomic E-state index is 12.9. The van der Waals surface area contributed by atoms with Crippen LogP contribution in [0.2, 0.25) is 0 Å². The van der Waals surface area contributed by atoms with Crippen molar-refractivity contribution in [1.29, 1.82) is 0 Å². The number of rotatable bonds is 6. The van der Waals surface area contributed by atoms with Crippen molar-refractivity contribution in [3.05, 3.63) is 72.3 Å². The van der Waals surface area contributed by atoms with Gasteiger partial charge in [0.1, 0.15) is 15.0 Å². The zero-order chi connectivity index (χ0) is 27.0. The van der Waals surface area contributed by atoms with Crippen molar-refractivity contribution in [2.45, 2.75) is 16.7 Å². The van der Waals surface area contributed by atoms with Gasteiger partial charge in [-0.3, -0.25) is 4.55 Å². The minimum absolute atomic E-state index is 0. The number of hydrogen-bond acceptors (Lipinski definition) is 11. The number of anilines is 1. The molecule has 4 aromatic carbocycles. The Morgan fingerprint density at radius 1 is 0.795 bits per heavy atom. The molecule has 0 aliphatic carbocycles. The number of azo groups is 2.